The topological polar surface area (TPSA) is 51.4 Å². The van der Waals surface area contributed by atoms with Crippen molar-refractivity contribution in [3.05, 3.63) is 0 Å². The van der Waals surface area contributed by atoms with Crippen molar-refractivity contribution in [1.82, 2.24) is 0 Å². The van der Waals surface area contributed by atoms with Gasteiger partial charge in [-0.3, -0.25) is 4.79 Å². The number of carbonyl (C=O) groups is 1. The summed E-state index contributed by atoms with van der Waals surface area (Å²) in [6.45, 7) is 11.6. The summed E-state index contributed by atoms with van der Waals surface area (Å²) in [6, 6.07) is 0. The average molecular weight is 258 g/mol. The zero-order valence-corrected chi connectivity index (χ0v) is 12.4. The molecule has 106 valence electrons. The van der Waals surface area contributed by atoms with Crippen molar-refractivity contribution in [1.29, 1.82) is 0 Å². The van der Waals surface area contributed by atoms with E-state index in [0.717, 1.165) is 19.3 Å². The van der Waals surface area contributed by atoms with Crippen LogP contribution in [0.25, 0.3) is 0 Å². The molecule has 1 heterocycles. The van der Waals surface area contributed by atoms with E-state index in [2.05, 4.69) is 6.92 Å². The number of hydrogen-bond donors (Lipinski definition) is 0. The van der Waals surface area contributed by atoms with Crippen LogP contribution in [0.2, 0.25) is 0 Å². The third kappa shape index (κ3) is 4.25. The largest absolute Gasteiger partial charge is 0.460 e. The summed E-state index contributed by atoms with van der Waals surface area (Å²) >= 11 is 0. The number of unbranched alkanes of at least 4 members (excludes halogenated alkanes) is 1. The van der Waals surface area contributed by atoms with E-state index in [-0.39, 0.29) is 17.8 Å². The van der Waals surface area contributed by atoms with E-state index in [9.17, 15) is 4.79 Å². The molecule has 0 saturated carbocycles. The Morgan fingerprint density at radius 1 is 1.33 bits per heavy atom. The van der Waals surface area contributed by atoms with Crippen LogP contribution in [0.1, 0.15) is 60.8 Å². The second-order valence-electron chi connectivity index (χ2n) is 6.25. The fraction of sp³-hybridized carbons (Fsp3) is 0.929. The van der Waals surface area contributed by atoms with Crippen LogP contribution in [0.4, 0.5) is 0 Å². The lowest BCUT2D eigenvalue weighted by atomic mass is 9.84. The van der Waals surface area contributed by atoms with Crippen LogP contribution in [-0.2, 0) is 19.3 Å². The third-order valence-electron chi connectivity index (χ3n) is 3.36. The first-order chi connectivity index (χ1) is 8.19. The smallest absolute Gasteiger partial charge is 0.309 e. The Hall–Kier alpha value is -0.610. The highest BCUT2D eigenvalue weighted by atomic mass is 17.4. The van der Waals surface area contributed by atoms with E-state index in [1.54, 1.807) is 0 Å². The molecule has 1 aliphatic rings. The number of hydrogen-bond acceptors (Lipinski definition) is 4. The molecule has 0 radical (unpaired) electrons. The highest BCUT2D eigenvalue weighted by molar-refractivity contribution is 5.73. The first kappa shape index (κ1) is 15.4. The van der Waals surface area contributed by atoms with Crippen LogP contribution < -0.4 is 0 Å². The van der Waals surface area contributed by atoms with Gasteiger partial charge in [-0.15, -0.1) is 0 Å². The summed E-state index contributed by atoms with van der Waals surface area (Å²) in [5.74, 6) is -0.936. The molecule has 4 nitrogen and oxygen atoms in total. The van der Waals surface area contributed by atoms with E-state index in [1.807, 2.05) is 34.6 Å². The predicted octanol–water partition coefficient (Wildman–Crippen LogP) is 3.45. The normalized spacial score (nSPS) is 21.2. The summed E-state index contributed by atoms with van der Waals surface area (Å²) in [6.07, 6.45) is 2.88. The number of carbonyl (C=O) groups excluding carboxylic acids is 1. The Morgan fingerprint density at radius 2 is 1.89 bits per heavy atom. The zero-order valence-electron chi connectivity index (χ0n) is 12.4. The number of ether oxygens (including phenoxy) is 1. The van der Waals surface area contributed by atoms with Gasteiger partial charge in [0, 0.05) is 5.92 Å². The molecule has 0 bridgehead atoms. The highest BCUT2D eigenvalue weighted by Crippen LogP contribution is 2.42. The molecule has 0 aromatic carbocycles. The van der Waals surface area contributed by atoms with Gasteiger partial charge in [0.25, 0.3) is 0 Å². The van der Waals surface area contributed by atoms with Gasteiger partial charge in [-0.2, -0.15) is 9.78 Å². The van der Waals surface area contributed by atoms with Gasteiger partial charge in [0.2, 0.25) is 5.79 Å². The maximum absolute atomic E-state index is 12.2. The molecule has 1 fully saturated rings. The molecular formula is C14H26O4. The zero-order chi connectivity index (χ0) is 14.0. The molecule has 0 aromatic heterocycles. The summed E-state index contributed by atoms with van der Waals surface area (Å²) in [4.78, 5) is 22.2. The van der Waals surface area contributed by atoms with Crippen molar-refractivity contribution in [2.45, 2.75) is 72.2 Å². The molecule has 0 aromatic rings. The first-order valence-electron chi connectivity index (χ1n) is 6.79. The van der Waals surface area contributed by atoms with E-state index < -0.39 is 11.4 Å². The SMILES string of the molecule is CCCCC(C(=O)OC(C)(C)C)C(C)C1(C)OO1. The molecule has 0 amide bonds. The highest BCUT2D eigenvalue weighted by Gasteiger charge is 2.53. The van der Waals surface area contributed by atoms with Crippen molar-refractivity contribution in [2.75, 3.05) is 0 Å². The van der Waals surface area contributed by atoms with Crippen LogP contribution in [0, 0.1) is 11.8 Å². The molecule has 4 heteroatoms. The van der Waals surface area contributed by atoms with Crippen LogP contribution in [0.3, 0.4) is 0 Å². The van der Waals surface area contributed by atoms with Crippen molar-refractivity contribution >= 4 is 5.97 Å². The minimum atomic E-state index is -0.616. The van der Waals surface area contributed by atoms with Crippen LogP contribution in [0.5, 0.6) is 0 Å². The lowest BCUT2D eigenvalue weighted by Gasteiger charge is -2.27. The molecule has 1 rings (SSSR count). The Bertz CT molecular complexity index is 289. The average Bonchev–Trinajstić information content (AvgIpc) is 2.95. The van der Waals surface area contributed by atoms with Crippen molar-refractivity contribution < 1.29 is 19.3 Å². The Kier molecular flexibility index (Phi) is 4.78. The Morgan fingerprint density at radius 3 is 2.28 bits per heavy atom. The second kappa shape index (κ2) is 5.57. The molecule has 0 N–H and O–H groups in total. The molecule has 1 aliphatic heterocycles. The molecule has 0 aliphatic carbocycles. The van der Waals surface area contributed by atoms with Crippen LogP contribution >= 0.6 is 0 Å². The van der Waals surface area contributed by atoms with E-state index in [1.165, 1.54) is 0 Å². The van der Waals surface area contributed by atoms with Gasteiger partial charge in [-0.1, -0.05) is 26.7 Å². The van der Waals surface area contributed by atoms with Gasteiger partial charge in [0.1, 0.15) is 5.60 Å². The second-order valence-corrected chi connectivity index (χ2v) is 6.25. The fourth-order valence-electron chi connectivity index (χ4n) is 1.96. The van der Waals surface area contributed by atoms with Crippen molar-refractivity contribution in [3.8, 4) is 0 Å². The van der Waals surface area contributed by atoms with Gasteiger partial charge in [-0.05, 0) is 34.1 Å². The fourth-order valence-corrected chi connectivity index (χ4v) is 1.96. The summed E-state index contributed by atoms with van der Waals surface area (Å²) in [5.41, 5.74) is -0.451. The Balaban J connectivity index is 2.68. The third-order valence-corrected chi connectivity index (χ3v) is 3.36. The molecular weight excluding hydrogens is 232 g/mol. The minimum absolute atomic E-state index is 0.00102. The van der Waals surface area contributed by atoms with E-state index in [4.69, 9.17) is 14.5 Å². The van der Waals surface area contributed by atoms with Gasteiger partial charge >= 0.3 is 5.97 Å². The lowest BCUT2D eigenvalue weighted by molar-refractivity contribution is -0.163. The predicted molar refractivity (Wildman–Crippen MR) is 68.6 cm³/mol. The molecule has 0 spiro atoms. The maximum atomic E-state index is 12.2. The molecule has 2 atom stereocenters. The number of esters is 1. The Labute approximate surface area is 110 Å². The molecule has 18 heavy (non-hydrogen) atoms. The van der Waals surface area contributed by atoms with Crippen LogP contribution in [0.15, 0.2) is 0 Å². The van der Waals surface area contributed by atoms with Crippen molar-refractivity contribution in [2.24, 2.45) is 11.8 Å². The van der Waals surface area contributed by atoms with Gasteiger partial charge in [0.15, 0.2) is 0 Å². The number of rotatable bonds is 6. The van der Waals surface area contributed by atoms with Gasteiger partial charge in [-0.25, -0.2) is 0 Å². The van der Waals surface area contributed by atoms with E-state index in [0.29, 0.717) is 0 Å². The van der Waals surface area contributed by atoms with Crippen LogP contribution in [-0.4, -0.2) is 17.4 Å². The minimum Gasteiger partial charge on any atom is -0.460 e. The van der Waals surface area contributed by atoms with Gasteiger partial charge < -0.3 is 4.74 Å². The van der Waals surface area contributed by atoms with Gasteiger partial charge in [0.05, 0.1) is 5.92 Å². The maximum Gasteiger partial charge on any atom is 0.309 e. The summed E-state index contributed by atoms with van der Waals surface area (Å²) in [7, 11) is 0. The summed E-state index contributed by atoms with van der Waals surface area (Å²) in [5, 5.41) is 0. The molecule has 2 unspecified atom stereocenters. The summed E-state index contributed by atoms with van der Waals surface area (Å²) < 4.78 is 5.49. The van der Waals surface area contributed by atoms with Crippen molar-refractivity contribution in [3.63, 3.8) is 0 Å². The lowest BCUT2D eigenvalue weighted by Crippen LogP contribution is -2.36. The molecule has 1 saturated heterocycles. The first-order valence-corrected chi connectivity index (χ1v) is 6.79. The standard InChI is InChI=1S/C14H26O4/c1-7-8-9-11(10(2)14(6)17-18-14)12(15)16-13(3,4)5/h10-11H,7-9H2,1-6H3. The quantitative estimate of drug-likeness (QED) is 0.416. The van der Waals surface area contributed by atoms with E-state index >= 15 is 0 Å². The monoisotopic (exact) mass is 258 g/mol.